The maximum Gasteiger partial charge on any atom is 0.407 e. The number of rotatable bonds is 5. The van der Waals surface area contributed by atoms with Gasteiger partial charge in [-0.2, -0.15) is 0 Å². The number of aryl methyl sites for hydroxylation is 1. The molecule has 6 heterocycles. The van der Waals surface area contributed by atoms with E-state index in [1.165, 1.54) is 7.05 Å². The number of pyridine rings is 2. The molecule has 1 saturated heterocycles. The van der Waals surface area contributed by atoms with Gasteiger partial charge in [-0.25, -0.2) is 14.8 Å². The molecule has 0 aliphatic carbocycles. The van der Waals surface area contributed by atoms with E-state index in [-0.39, 0.29) is 18.1 Å². The van der Waals surface area contributed by atoms with Gasteiger partial charge in [-0.1, -0.05) is 26.8 Å². The molecule has 3 aromatic heterocycles. The van der Waals surface area contributed by atoms with Crippen molar-refractivity contribution in [2.24, 2.45) is 5.41 Å². The van der Waals surface area contributed by atoms with Gasteiger partial charge in [-0.05, 0) is 43.9 Å². The Bertz CT molecular complexity index is 1540. The topological polar surface area (TPSA) is 128 Å². The highest BCUT2D eigenvalue weighted by Crippen LogP contribution is 2.49. The standard InChI is InChI=1S/C30H38N8O4/c1-29(2,3)25-24-18(16-23(36-12-14-41-15-13-36)33-20(24)17-42-28(40)31-6)27(39)37(25)21-9-7-8-19(32-21)26-35-34-22-10-11-30(4,5)38(22)26/h7-9,16,25H,10-15,17H2,1-6H3,(H,31,40). The summed E-state index contributed by atoms with van der Waals surface area (Å²) in [6.07, 6.45) is 1.29. The third-order valence-electron chi connectivity index (χ3n) is 8.31. The number of nitrogens with zero attached hydrogens (tertiary/aromatic N) is 7. The number of carbonyl (C=O) groups excluding carboxylic acids is 2. The zero-order chi connectivity index (χ0) is 29.8. The van der Waals surface area contributed by atoms with E-state index < -0.39 is 17.6 Å². The number of carbonyl (C=O) groups is 2. The maximum atomic E-state index is 14.4. The SMILES string of the molecule is CNC(=O)OCc1nc(N2CCOCC2)cc2c1C(C(C)(C)C)N(c1cccc(-c3nnc4n3C(C)(C)CC4)n1)C2=O. The number of morpholine rings is 1. The summed E-state index contributed by atoms with van der Waals surface area (Å²) in [7, 11) is 1.51. The molecule has 0 spiro atoms. The monoisotopic (exact) mass is 574 g/mol. The van der Waals surface area contributed by atoms with E-state index in [9.17, 15) is 9.59 Å². The predicted octanol–water partition coefficient (Wildman–Crippen LogP) is 3.86. The number of anilines is 2. The van der Waals surface area contributed by atoms with Gasteiger partial charge in [0, 0.05) is 37.7 Å². The van der Waals surface area contributed by atoms with Crippen LogP contribution in [0.1, 0.15) is 74.5 Å². The fraction of sp³-hybridized carbons (Fsp3) is 0.533. The molecule has 1 unspecified atom stereocenters. The average Bonchev–Trinajstić information content (AvgIpc) is 3.63. The number of hydrogen-bond donors (Lipinski definition) is 1. The molecule has 3 aliphatic heterocycles. The van der Waals surface area contributed by atoms with Gasteiger partial charge in [-0.3, -0.25) is 9.69 Å². The van der Waals surface area contributed by atoms with Crippen molar-refractivity contribution in [2.45, 2.75) is 65.6 Å². The molecule has 1 fully saturated rings. The third-order valence-corrected chi connectivity index (χ3v) is 8.31. The van der Waals surface area contributed by atoms with Gasteiger partial charge in [0.25, 0.3) is 5.91 Å². The van der Waals surface area contributed by atoms with Crippen LogP contribution in [0.4, 0.5) is 16.4 Å². The first kappa shape index (κ1) is 28.1. The fourth-order valence-corrected chi connectivity index (χ4v) is 6.27. The Hall–Kier alpha value is -4.06. The lowest BCUT2D eigenvalue weighted by molar-refractivity contribution is 0.0976. The molecule has 12 nitrogen and oxygen atoms in total. The zero-order valence-electron chi connectivity index (χ0n) is 25.1. The van der Waals surface area contributed by atoms with Crippen LogP contribution in [0.25, 0.3) is 11.5 Å². The van der Waals surface area contributed by atoms with Crippen molar-refractivity contribution in [3.63, 3.8) is 0 Å². The summed E-state index contributed by atoms with van der Waals surface area (Å²) in [5, 5.41) is 11.4. The minimum Gasteiger partial charge on any atom is -0.443 e. The minimum absolute atomic E-state index is 0.0671. The Kier molecular flexibility index (Phi) is 6.91. The molecule has 12 heteroatoms. The smallest absolute Gasteiger partial charge is 0.407 e. The van der Waals surface area contributed by atoms with Gasteiger partial charge in [0.1, 0.15) is 29.8 Å². The number of amides is 2. The normalized spacial score (nSPS) is 19.6. The summed E-state index contributed by atoms with van der Waals surface area (Å²) in [6, 6.07) is 7.14. The van der Waals surface area contributed by atoms with E-state index >= 15 is 0 Å². The first-order valence-corrected chi connectivity index (χ1v) is 14.5. The van der Waals surface area contributed by atoms with E-state index in [4.69, 9.17) is 19.4 Å². The van der Waals surface area contributed by atoms with E-state index in [0.717, 1.165) is 24.2 Å². The molecule has 42 heavy (non-hydrogen) atoms. The number of hydrogen-bond acceptors (Lipinski definition) is 9. The Balaban J connectivity index is 1.46. The van der Waals surface area contributed by atoms with Gasteiger partial charge in [0.05, 0.1) is 30.5 Å². The average molecular weight is 575 g/mol. The third kappa shape index (κ3) is 4.77. The molecular weight excluding hydrogens is 536 g/mol. The Labute approximate surface area is 245 Å². The molecule has 0 radical (unpaired) electrons. The lowest BCUT2D eigenvalue weighted by atomic mass is 9.81. The van der Waals surface area contributed by atoms with Crippen LogP contribution in [-0.2, 0) is 28.0 Å². The van der Waals surface area contributed by atoms with Crippen molar-refractivity contribution >= 4 is 23.6 Å². The molecule has 0 bridgehead atoms. The molecular formula is C30H38N8O4. The number of alkyl carbamates (subject to hydrolysis) is 1. The number of ether oxygens (including phenoxy) is 2. The summed E-state index contributed by atoms with van der Waals surface area (Å²) in [5.74, 6) is 2.66. The van der Waals surface area contributed by atoms with Gasteiger partial charge in [0.15, 0.2) is 5.82 Å². The number of nitrogens with one attached hydrogen (secondary N) is 1. The van der Waals surface area contributed by atoms with Crippen molar-refractivity contribution < 1.29 is 19.1 Å². The summed E-state index contributed by atoms with van der Waals surface area (Å²) < 4.78 is 13.2. The predicted molar refractivity (Wildman–Crippen MR) is 156 cm³/mol. The zero-order valence-corrected chi connectivity index (χ0v) is 25.1. The molecule has 0 saturated carbocycles. The first-order valence-electron chi connectivity index (χ1n) is 14.5. The largest absolute Gasteiger partial charge is 0.443 e. The van der Waals surface area contributed by atoms with Crippen molar-refractivity contribution in [2.75, 3.05) is 43.2 Å². The van der Waals surface area contributed by atoms with Crippen LogP contribution in [0.5, 0.6) is 0 Å². The van der Waals surface area contributed by atoms with E-state index in [1.807, 2.05) is 24.3 Å². The molecule has 3 aromatic rings. The quantitative estimate of drug-likeness (QED) is 0.483. The Morgan fingerprint density at radius 2 is 1.90 bits per heavy atom. The Morgan fingerprint density at radius 3 is 2.62 bits per heavy atom. The molecule has 0 aromatic carbocycles. The Morgan fingerprint density at radius 1 is 1.14 bits per heavy atom. The summed E-state index contributed by atoms with van der Waals surface area (Å²) in [6.45, 7) is 13.0. The molecule has 2 amide bonds. The van der Waals surface area contributed by atoms with Crippen molar-refractivity contribution in [1.82, 2.24) is 30.0 Å². The molecule has 1 atom stereocenters. The van der Waals surface area contributed by atoms with Crippen LogP contribution in [0.15, 0.2) is 24.3 Å². The summed E-state index contributed by atoms with van der Waals surface area (Å²) in [4.78, 5) is 40.3. The highest BCUT2D eigenvalue weighted by atomic mass is 16.5. The number of aromatic nitrogens is 5. The van der Waals surface area contributed by atoms with Crippen LogP contribution in [-0.4, -0.2) is 70.1 Å². The molecule has 3 aliphatic rings. The second-order valence-electron chi connectivity index (χ2n) is 12.7. The molecule has 222 valence electrons. The minimum atomic E-state index is -0.561. The van der Waals surface area contributed by atoms with Crippen LogP contribution in [0, 0.1) is 5.41 Å². The van der Waals surface area contributed by atoms with E-state index in [1.54, 1.807) is 4.90 Å². The van der Waals surface area contributed by atoms with Gasteiger partial charge in [-0.15, -0.1) is 10.2 Å². The van der Waals surface area contributed by atoms with Crippen LogP contribution in [0.3, 0.4) is 0 Å². The number of fused-ring (bicyclic) bond motifs is 2. The van der Waals surface area contributed by atoms with Crippen LogP contribution < -0.4 is 15.1 Å². The lowest BCUT2D eigenvalue weighted by Crippen LogP contribution is -2.37. The second kappa shape index (κ2) is 10.3. The van der Waals surface area contributed by atoms with Gasteiger partial charge < -0.3 is 24.3 Å². The highest BCUT2D eigenvalue weighted by Gasteiger charge is 2.47. The van der Waals surface area contributed by atoms with Gasteiger partial charge in [0.2, 0.25) is 0 Å². The summed E-state index contributed by atoms with van der Waals surface area (Å²) in [5.41, 5.74) is 1.99. The highest BCUT2D eigenvalue weighted by molar-refractivity contribution is 6.11. The fourth-order valence-electron chi connectivity index (χ4n) is 6.27. The van der Waals surface area contributed by atoms with Crippen LogP contribution in [0.2, 0.25) is 0 Å². The van der Waals surface area contributed by atoms with Crippen molar-refractivity contribution in [3.05, 3.63) is 46.9 Å². The maximum absolute atomic E-state index is 14.4. The first-order chi connectivity index (χ1) is 20.0. The van der Waals surface area contributed by atoms with Crippen molar-refractivity contribution in [3.8, 4) is 11.5 Å². The molecule has 6 rings (SSSR count). The molecule has 1 N–H and O–H groups in total. The lowest BCUT2D eigenvalue weighted by Gasteiger charge is -2.35. The van der Waals surface area contributed by atoms with Gasteiger partial charge >= 0.3 is 6.09 Å². The van der Waals surface area contributed by atoms with E-state index in [0.29, 0.717) is 60.7 Å². The summed E-state index contributed by atoms with van der Waals surface area (Å²) >= 11 is 0. The second-order valence-corrected chi connectivity index (χ2v) is 12.7. The van der Waals surface area contributed by atoms with Crippen LogP contribution >= 0.6 is 0 Å². The van der Waals surface area contributed by atoms with Crippen molar-refractivity contribution in [1.29, 1.82) is 0 Å². The van der Waals surface area contributed by atoms with E-state index in [2.05, 4.69) is 59.6 Å².